The molecule has 1 aliphatic heterocycles. The van der Waals surface area contributed by atoms with Gasteiger partial charge in [0.05, 0.1) is 30.9 Å². The molecule has 1 N–H and O–H groups in total. The Labute approximate surface area is 211 Å². The van der Waals surface area contributed by atoms with E-state index in [-0.39, 0.29) is 12.5 Å². The molecule has 4 rings (SSSR count). The van der Waals surface area contributed by atoms with Gasteiger partial charge in [-0.05, 0) is 74.4 Å². The molecule has 1 amide bonds. The number of nitriles is 2. The fraction of sp³-hybridized carbons (Fsp3) is 0.321. The molecule has 8 nitrogen and oxygen atoms in total. The Kier molecular flexibility index (Phi) is 7.58. The van der Waals surface area contributed by atoms with Gasteiger partial charge in [-0.25, -0.2) is 0 Å². The molecule has 2 heterocycles. The summed E-state index contributed by atoms with van der Waals surface area (Å²) in [5.74, 6) is 1.09. The number of rotatable bonds is 6. The van der Waals surface area contributed by atoms with Crippen LogP contribution < -0.4 is 15.0 Å². The summed E-state index contributed by atoms with van der Waals surface area (Å²) in [5, 5.41) is 21.9. The lowest BCUT2D eigenvalue weighted by molar-refractivity contribution is -0.117. The Balaban J connectivity index is 1.47. The van der Waals surface area contributed by atoms with Gasteiger partial charge in [0.25, 0.3) is 0 Å². The zero-order chi connectivity index (χ0) is 25.7. The quantitative estimate of drug-likeness (QED) is 0.570. The van der Waals surface area contributed by atoms with Gasteiger partial charge in [0.15, 0.2) is 0 Å². The molecule has 3 aromatic rings. The number of hydrogen-bond donors (Lipinski definition) is 1. The molecule has 8 heteroatoms. The van der Waals surface area contributed by atoms with Gasteiger partial charge in [-0.2, -0.15) is 10.5 Å². The van der Waals surface area contributed by atoms with E-state index in [0.717, 1.165) is 61.0 Å². The number of anilines is 2. The smallest absolute Gasteiger partial charge is 0.239 e. The predicted molar refractivity (Wildman–Crippen MR) is 140 cm³/mol. The van der Waals surface area contributed by atoms with Crippen LogP contribution in [0.5, 0.6) is 5.75 Å². The maximum atomic E-state index is 13.1. The lowest BCUT2D eigenvalue weighted by Crippen LogP contribution is -2.36. The van der Waals surface area contributed by atoms with Crippen molar-refractivity contribution in [2.45, 2.75) is 20.3 Å². The second-order valence-electron chi connectivity index (χ2n) is 8.90. The molecule has 1 aromatic heterocycles. The first-order chi connectivity index (χ1) is 17.4. The average Bonchev–Trinajstić information content (AvgIpc) is 3.03. The monoisotopic (exact) mass is 482 g/mol. The highest BCUT2D eigenvalue weighted by molar-refractivity contribution is 5.93. The third-order valence-corrected chi connectivity index (χ3v) is 6.73. The van der Waals surface area contributed by atoms with Crippen molar-refractivity contribution in [3.63, 3.8) is 0 Å². The SMILES string of the molecule is COc1ccc(-n2c(C)c(C)c(C#N)c2NC(=O)CN2CCCN(c3ccc(C#N)cc3)CC2)cc1. The number of carbonyl (C=O) groups is 1. The summed E-state index contributed by atoms with van der Waals surface area (Å²) >= 11 is 0. The van der Waals surface area contributed by atoms with Crippen molar-refractivity contribution in [1.82, 2.24) is 9.47 Å². The number of benzene rings is 2. The minimum Gasteiger partial charge on any atom is -0.497 e. The van der Waals surface area contributed by atoms with Crippen molar-refractivity contribution >= 4 is 17.4 Å². The highest BCUT2D eigenvalue weighted by atomic mass is 16.5. The summed E-state index contributed by atoms with van der Waals surface area (Å²) in [7, 11) is 1.62. The number of carbonyl (C=O) groups excluding carboxylic acids is 1. The van der Waals surface area contributed by atoms with Gasteiger partial charge < -0.3 is 15.0 Å². The van der Waals surface area contributed by atoms with Crippen LogP contribution in [0.2, 0.25) is 0 Å². The van der Waals surface area contributed by atoms with Crippen LogP contribution in [-0.4, -0.2) is 55.2 Å². The minimum absolute atomic E-state index is 0.148. The van der Waals surface area contributed by atoms with Gasteiger partial charge in [-0.3, -0.25) is 14.3 Å². The first-order valence-electron chi connectivity index (χ1n) is 12.0. The maximum Gasteiger partial charge on any atom is 0.239 e. The van der Waals surface area contributed by atoms with Gasteiger partial charge in [-0.15, -0.1) is 0 Å². The Hall–Kier alpha value is -4.27. The van der Waals surface area contributed by atoms with Crippen LogP contribution in [0.25, 0.3) is 5.69 Å². The summed E-state index contributed by atoms with van der Waals surface area (Å²) in [5.41, 5.74) is 4.80. The summed E-state index contributed by atoms with van der Waals surface area (Å²) < 4.78 is 7.18. The van der Waals surface area contributed by atoms with E-state index in [9.17, 15) is 10.1 Å². The molecule has 0 unspecified atom stereocenters. The lowest BCUT2D eigenvalue weighted by atomic mass is 10.2. The van der Waals surface area contributed by atoms with Crippen LogP contribution in [0, 0.1) is 36.5 Å². The van der Waals surface area contributed by atoms with E-state index in [4.69, 9.17) is 10.00 Å². The molecule has 1 fully saturated rings. The van der Waals surface area contributed by atoms with Crippen molar-refractivity contribution in [3.8, 4) is 23.6 Å². The van der Waals surface area contributed by atoms with Crippen molar-refractivity contribution in [1.29, 1.82) is 10.5 Å². The van der Waals surface area contributed by atoms with E-state index in [1.807, 2.05) is 66.9 Å². The van der Waals surface area contributed by atoms with E-state index in [1.165, 1.54) is 0 Å². The Bertz CT molecular complexity index is 1310. The number of hydrogen-bond acceptors (Lipinski definition) is 6. The molecule has 0 bridgehead atoms. The highest BCUT2D eigenvalue weighted by Crippen LogP contribution is 2.30. The molecular formula is C28H30N6O2. The first-order valence-corrected chi connectivity index (χ1v) is 12.0. The second kappa shape index (κ2) is 11.0. The van der Waals surface area contributed by atoms with Gasteiger partial charge in [0.2, 0.25) is 5.91 Å². The molecule has 1 aliphatic rings. The van der Waals surface area contributed by atoms with E-state index >= 15 is 0 Å². The Morgan fingerprint density at radius 2 is 1.64 bits per heavy atom. The number of ether oxygens (including phenoxy) is 1. The minimum atomic E-state index is -0.148. The molecule has 0 aliphatic carbocycles. The second-order valence-corrected chi connectivity index (χ2v) is 8.90. The molecule has 0 spiro atoms. The third kappa shape index (κ3) is 5.19. The zero-order valence-electron chi connectivity index (χ0n) is 20.9. The molecule has 2 aromatic carbocycles. The van der Waals surface area contributed by atoms with Crippen LogP contribution in [0.1, 0.15) is 28.8 Å². The number of nitrogens with one attached hydrogen (secondary N) is 1. The molecule has 0 radical (unpaired) electrons. The maximum absolute atomic E-state index is 13.1. The zero-order valence-corrected chi connectivity index (χ0v) is 20.9. The molecule has 184 valence electrons. The fourth-order valence-corrected chi connectivity index (χ4v) is 4.62. The molecule has 0 saturated carbocycles. The number of aromatic nitrogens is 1. The highest BCUT2D eigenvalue weighted by Gasteiger charge is 2.23. The van der Waals surface area contributed by atoms with Crippen LogP contribution in [0.3, 0.4) is 0 Å². The Morgan fingerprint density at radius 1 is 0.944 bits per heavy atom. The molecule has 0 atom stereocenters. The van der Waals surface area contributed by atoms with Gasteiger partial charge >= 0.3 is 0 Å². The van der Waals surface area contributed by atoms with Crippen LogP contribution >= 0.6 is 0 Å². The summed E-state index contributed by atoms with van der Waals surface area (Å²) in [6.45, 7) is 7.33. The summed E-state index contributed by atoms with van der Waals surface area (Å²) in [4.78, 5) is 17.6. The van der Waals surface area contributed by atoms with Crippen molar-refractivity contribution in [2.75, 3.05) is 50.1 Å². The number of amides is 1. The van der Waals surface area contributed by atoms with E-state index < -0.39 is 0 Å². The number of nitrogens with zero attached hydrogens (tertiary/aromatic N) is 5. The largest absolute Gasteiger partial charge is 0.497 e. The van der Waals surface area contributed by atoms with Gasteiger partial charge in [0.1, 0.15) is 17.6 Å². The summed E-state index contributed by atoms with van der Waals surface area (Å²) in [6, 6.07) is 19.6. The standard InChI is InChI=1S/C28H30N6O2/c1-20-21(2)34(24-9-11-25(36-3)12-10-24)28(26(20)18-30)31-27(35)19-32-13-4-14-33(16-15-32)23-7-5-22(17-29)6-8-23/h5-12H,4,13-16,19H2,1-3H3,(H,31,35). The average molecular weight is 483 g/mol. The summed E-state index contributed by atoms with van der Waals surface area (Å²) in [6.07, 6.45) is 0.928. The van der Waals surface area contributed by atoms with E-state index in [0.29, 0.717) is 16.9 Å². The molecular weight excluding hydrogens is 452 g/mol. The van der Waals surface area contributed by atoms with Gasteiger partial charge in [0, 0.05) is 43.2 Å². The van der Waals surface area contributed by atoms with Crippen molar-refractivity contribution < 1.29 is 9.53 Å². The van der Waals surface area contributed by atoms with Crippen LogP contribution in [-0.2, 0) is 4.79 Å². The molecule has 36 heavy (non-hydrogen) atoms. The first kappa shape index (κ1) is 24.8. The lowest BCUT2D eigenvalue weighted by Gasteiger charge is -2.23. The van der Waals surface area contributed by atoms with Crippen LogP contribution in [0.4, 0.5) is 11.5 Å². The van der Waals surface area contributed by atoms with E-state index in [2.05, 4.69) is 27.3 Å². The van der Waals surface area contributed by atoms with Gasteiger partial charge in [-0.1, -0.05) is 0 Å². The predicted octanol–water partition coefficient (Wildman–Crippen LogP) is 4.00. The molecule has 1 saturated heterocycles. The third-order valence-electron chi connectivity index (χ3n) is 6.73. The van der Waals surface area contributed by atoms with Crippen molar-refractivity contribution in [2.24, 2.45) is 0 Å². The van der Waals surface area contributed by atoms with Crippen molar-refractivity contribution in [3.05, 3.63) is 70.9 Å². The fourth-order valence-electron chi connectivity index (χ4n) is 4.62. The van der Waals surface area contributed by atoms with Crippen LogP contribution in [0.15, 0.2) is 48.5 Å². The Morgan fingerprint density at radius 3 is 2.28 bits per heavy atom. The number of methoxy groups -OCH3 is 1. The van der Waals surface area contributed by atoms with E-state index in [1.54, 1.807) is 7.11 Å². The topological polar surface area (TPSA) is 97.3 Å². The normalized spacial score (nSPS) is 14.0.